The molecule has 0 atom stereocenters. The largest absolute Gasteiger partial charge is 0.495 e. The lowest BCUT2D eigenvalue weighted by Gasteiger charge is -2.39. The van der Waals surface area contributed by atoms with Crippen molar-refractivity contribution < 1.29 is 14.3 Å². The lowest BCUT2D eigenvalue weighted by atomic mass is 10.0. The Morgan fingerprint density at radius 3 is 2.13 bits per heavy atom. The number of piperidine rings is 1. The number of methoxy groups -OCH3 is 1. The van der Waals surface area contributed by atoms with Crippen molar-refractivity contribution in [2.45, 2.75) is 19.3 Å². The number of hydrogen-bond acceptors (Lipinski definition) is 5. The highest BCUT2D eigenvalue weighted by atomic mass is 35.5. The van der Waals surface area contributed by atoms with Crippen LogP contribution in [0.3, 0.4) is 0 Å². The summed E-state index contributed by atoms with van der Waals surface area (Å²) < 4.78 is 5.56. The number of para-hydroxylation sites is 2. The van der Waals surface area contributed by atoms with Crippen LogP contribution in [0.1, 0.15) is 40.0 Å². The molecule has 198 valence electrons. The van der Waals surface area contributed by atoms with Crippen LogP contribution in [0, 0.1) is 0 Å². The summed E-state index contributed by atoms with van der Waals surface area (Å²) in [4.78, 5) is 33.2. The van der Waals surface area contributed by atoms with Crippen LogP contribution in [0.4, 0.5) is 17.1 Å². The molecular formula is C30H33ClN4O3. The van der Waals surface area contributed by atoms with Crippen molar-refractivity contribution >= 4 is 40.5 Å². The second-order valence-corrected chi connectivity index (χ2v) is 10.1. The number of anilines is 3. The summed E-state index contributed by atoms with van der Waals surface area (Å²) in [5.41, 5.74) is 3.57. The minimum Gasteiger partial charge on any atom is -0.495 e. The third-order valence-electron chi connectivity index (χ3n) is 7.29. The number of halogens is 1. The predicted molar refractivity (Wildman–Crippen MR) is 153 cm³/mol. The number of nitrogens with zero attached hydrogens (tertiary/aromatic N) is 3. The minimum atomic E-state index is -0.301. The summed E-state index contributed by atoms with van der Waals surface area (Å²) in [5.74, 6) is 0.575. The number of carbonyl (C=O) groups is 2. The van der Waals surface area contributed by atoms with Crippen LogP contribution < -0.4 is 19.9 Å². The molecule has 7 nitrogen and oxygen atoms in total. The first-order valence-corrected chi connectivity index (χ1v) is 13.5. The summed E-state index contributed by atoms with van der Waals surface area (Å²) >= 11 is 6.23. The van der Waals surface area contributed by atoms with Crippen molar-refractivity contribution in [3.63, 3.8) is 0 Å². The van der Waals surface area contributed by atoms with E-state index < -0.39 is 0 Å². The highest BCUT2D eigenvalue weighted by Gasteiger charge is 2.27. The van der Waals surface area contributed by atoms with Crippen molar-refractivity contribution in [2.24, 2.45) is 0 Å². The van der Waals surface area contributed by atoms with Gasteiger partial charge in [0.2, 0.25) is 0 Å². The van der Waals surface area contributed by atoms with Gasteiger partial charge in [-0.25, -0.2) is 0 Å². The van der Waals surface area contributed by atoms with Gasteiger partial charge in [0.25, 0.3) is 11.8 Å². The van der Waals surface area contributed by atoms with Crippen LogP contribution in [-0.2, 0) is 0 Å². The van der Waals surface area contributed by atoms with E-state index in [0.717, 1.165) is 75.7 Å². The molecule has 0 spiro atoms. The summed E-state index contributed by atoms with van der Waals surface area (Å²) in [6.45, 7) is 4.67. The summed E-state index contributed by atoms with van der Waals surface area (Å²) in [6.07, 6.45) is 3.18. The lowest BCUT2D eigenvalue weighted by molar-refractivity contribution is 0.0724. The zero-order chi connectivity index (χ0) is 26.5. The highest BCUT2D eigenvalue weighted by Crippen LogP contribution is 2.32. The molecule has 2 heterocycles. The molecule has 1 N–H and O–H groups in total. The lowest BCUT2D eigenvalue weighted by Crippen LogP contribution is -2.47. The van der Waals surface area contributed by atoms with Crippen LogP contribution in [0.5, 0.6) is 5.75 Å². The van der Waals surface area contributed by atoms with Gasteiger partial charge in [-0.1, -0.05) is 35.9 Å². The fourth-order valence-corrected chi connectivity index (χ4v) is 5.47. The van der Waals surface area contributed by atoms with Gasteiger partial charge in [0.1, 0.15) is 5.75 Å². The molecule has 0 bridgehead atoms. The maximum atomic E-state index is 13.7. The monoisotopic (exact) mass is 532 g/mol. The van der Waals surface area contributed by atoms with Crippen molar-refractivity contribution in [1.29, 1.82) is 0 Å². The molecule has 2 aliphatic heterocycles. The Morgan fingerprint density at radius 1 is 0.763 bits per heavy atom. The molecule has 2 fully saturated rings. The fraction of sp³-hybridized carbons (Fsp3) is 0.333. The third kappa shape index (κ3) is 5.58. The number of amides is 2. The van der Waals surface area contributed by atoms with Crippen molar-refractivity contribution in [1.82, 2.24) is 4.90 Å². The number of rotatable bonds is 6. The molecular weight excluding hydrogens is 500 g/mol. The molecule has 3 aromatic rings. The van der Waals surface area contributed by atoms with E-state index in [0.29, 0.717) is 21.8 Å². The van der Waals surface area contributed by atoms with E-state index in [1.54, 1.807) is 31.4 Å². The van der Waals surface area contributed by atoms with Gasteiger partial charge in [-0.05, 0) is 61.7 Å². The first kappa shape index (κ1) is 25.9. The van der Waals surface area contributed by atoms with Crippen LogP contribution in [-0.4, -0.2) is 63.1 Å². The predicted octanol–water partition coefficient (Wildman–Crippen LogP) is 5.55. The Kier molecular flexibility index (Phi) is 8.03. The molecule has 3 aromatic carbocycles. The van der Waals surface area contributed by atoms with Crippen LogP contribution in [0.2, 0.25) is 5.02 Å². The average Bonchev–Trinajstić information content (AvgIpc) is 2.97. The van der Waals surface area contributed by atoms with Crippen molar-refractivity contribution in [2.75, 3.05) is 61.5 Å². The second-order valence-electron chi connectivity index (χ2n) is 9.66. The van der Waals surface area contributed by atoms with Gasteiger partial charge in [0, 0.05) is 50.6 Å². The van der Waals surface area contributed by atoms with Gasteiger partial charge in [-0.3, -0.25) is 9.59 Å². The number of nitrogens with one attached hydrogen (secondary N) is 1. The molecule has 0 aliphatic carbocycles. The molecule has 5 rings (SSSR count). The number of benzene rings is 3. The molecule has 2 aliphatic rings. The number of likely N-dealkylation sites (tertiary alicyclic amines) is 1. The summed E-state index contributed by atoms with van der Waals surface area (Å²) in [5, 5.41) is 3.32. The van der Waals surface area contributed by atoms with E-state index in [-0.39, 0.29) is 11.8 Å². The fourth-order valence-electron chi connectivity index (χ4n) is 5.25. The van der Waals surface area contributed by atoms with E-state index in [2.05, 4.69) is 21.2 Å². The Bertz CT molecular complexity index is 1300. The Balaban J connectivity index is 1.39. The third-order valence-corrected chi connectivity index (χ3v) is 7.62. The van der Waals surface area contributed by atoms with Crippen molar-refractivity contribution in [3.05, 3.63) is 82.9 Å². The van der Waals surface area contributed by atoms with Crippen LogP contribution in [0.15, 0.2) is 66.7 Å². The average molecular weight is 533 g/mol. The number of hydrogen-bond donors (Lipinski definition) is 1. The Hall–Kier alpha value is -3.71. The molecule has 2 saturated heterocycles. The standard InChI is InChI=1S/C30H33ClN4O3/c1-38-28-12-6-5-11-27(28)34-19-17-33(18-20-34)26-14-13-22(32-29(36)23-9-3-4-10-25(23)31)21-24(26)30(37)35-15-7-2-8-16-35/h3-6,9-14,21H,2,7-8,15-20H2,1H3,(H,32,36). The van der Waals surface area contributed by atoms with Gasteiger partial charge >= 0.3 is 0 Å². The minimum absolute atomic E-state index is 0.0145. The van der Waals surface area contributed by atoms with E-state index in [1.165, 1.54) is 0 Å². The maximum Gasteiger partial charge on any atom is 0.257 e. The number of ether oxygens (including phenoxy) is 1. The van der Waals surface area contributed by atoms with Gasteiger partial charge in [0.15, 0.2) is 0 Å². The quantitative estimate of drug-likeness (QED) is 0.450. The second kappa shape index (κ2) is 11.8. The summed E-state index contributed by atoms with van der Waals surface area (Å²) in [7, 11) is 1.69. The molecule has 0 aromatic heterocycles. The molecule has 0 saturated carbocycles. The smallest absolute Gasteiger partial charge is 0.257 e. The highest BCUT2D eigenvalue weighted by molar-refractivity contribution is 6.34. The molecule has 38 heavy (non-hydrogen) atoms. The van der Waals surface area contributed by atoms with Crippen molar-refractivity contribution in [3.8, 4) is 5.75 Å². The first-order chi connectivity index (χ1) is 18.5. The van der Waals surface area contributed by atoms with E-state index >= 15 is 0 Å². The topological polar surface area (TPSA) is 65.1 Å². The molecule has 2 amide bonds. The maximum absolute atomic E-state index is 13.7. The van der Waals surface area contributed by atoms with Gasteiger partial charge in [0.05, 0.1) is 28.9 Å². The Labute approximate surface area is 228 Å². The zero-order valence-electron chi connectivity index (χ0n) is 21.7. The van der Waals surface area contributed by atoms with E-state index in [1.807, 2.05) is 41.3 Å². The SMILES string of the molecule is COc1ccccc1N1CCN(c2ccc(NC(=O)c3ccccc3Cl)cc2C(=O)N2CCCCC2)CC1. The molecule has 0 radical (unpaired) electrons. The van der Waals surface area contributed by atoms with Gasteiger partial charge in [-0.2, -0.15) is 0 Å². The molecule has 0 unspecified atom stereocenters. The molecule has 8 heteroatoms. The zero-order valence-corrected chi connectivity index (χ0v) is 22.4. The van der Waals surface area contributed by atoms with Gasteiger partial charge in [-0.15, -0.1) is 0 Å². The van der Waals surface area contributed by atoms with Crippen LogP contribution in [0.25, 0.3) is 0 Å². The van der Waals surface area contributed by atoms with E-state index in [9.17, 15) is 9.59 Å². The Morgan fingerprint density at radius 2 is 1.42 bits per heavy atom. The van der Waals surface area contributed by atoms with Gasteiger partial charge < -0.3 is 24.8 Å². The van der Waals surface area contributed by atoms with Crippen LogP contribution >= 0.6 is 11.6 Å². The number of piperazine rings is 1. The van der Waals surface area contributed by atoms with E-state index in [4.69, 9.17) is 16.3 Å². The first-order valence-electron chi connectivity index (χ1n) is 13.2. The summed E-state index contributed by atoms with van der Waals surface area (Å²) in [6, 6.07) is 20.6. The normalized spacial score (nSPS) is 15.8. The number of carbonyl (C=O) groups excluding carboxylic acids is 2.